The Kier molecular flexibility index (Phi) is 3.73. The molecule has 0 aliphatic carbocycles. The highest BCUT2D eigenvalue weighted by atomic mass is 32.2. The zero-order valence-corrected chi connectivity index (χ0v) is 11.9. The maximum absolute atomic E-state index is 12.3. The fourth-order valence-electron chi connectivity index (χ4n) is 1.96. The number of aryl methyl sites for hydroxylation is 2. The highest BCUT2D eigenvalue weighted by Crippen LogP contribution is 2.21. The second-order valence-corrected chi connectivity index (χ2v) is 6.06. The molecule has 0 saturated heterocycles. The Morgan fingerprint density at radius 3 is 2.37 bits per heavy atom. The first-order valence-corrected chi connectivity index (χ1v) is 7.40. The molecule has 6 heteroatoms. The van der Waals surface area contributed by atoms with Gasteiger partial charge in [0.15, 0.2) is 5.76 Å². The average molecular weight is 280 g/mol. The lowest BCUT2D eigenvalue weighted by Crippen LogP contribution is -2.27. The third-order valence-corrected chi connectivity index (χ3v) is 4.65. The van der Waals surface area contributed by atoms with Gasteiger partial charge >= 0.3 is 0 Å². The molecule has 2 aromatic rings. The summed E-state index contributed by atoms with van der Waals surface area (Å²) >= 11 is 0. The lowest BCUT2D eigenvalue weighted by Gasteiger charge is -2.14. The average Bonchev–Trinajstić information content (AvgIpc) is 2.70. The Bertz CT molecular complexity index is 643. The fourth-order valence-corrected chi connectivity index (χ4v) is 3.52. The lowest BCUT2D eigenvalue weighted by molar-refractivity contribution is 0.390. The van der Waals surface area contributed by atoms with Crippen LogP contribution >= 0.6 is 0 Å². The van der Waals surface area contributed by atoms with Gasteiger partial charge in [0.2, 0.25) is 10.0 Å². The van der Waals surface area contributed by atoms with Gasteiger partial charge in [-0.25, -0.2) is 13.1 Å². The van der Waals surface area contributed by atoms with Gasteiger partial charge in [-0.2, -0.15) is 0 Å². The molecule has 1 atom stereocenters. The van der Waals surface area contributed by atoms with Crippen molar-refractivity contribution in [3.05, 3.63) is 47.3 Å². The van der Waals surface area contributed by atoms with Crippen LogP contribution in [0.3, 0.4) is 0 Å². The van der Waals surface area contributed by atoms with E-state index in [1.807, 2.05) is 30.3 Å². The quantitative estimate of drug-likeness (QED) is 0.933. The van der Waals surface area contributed by atoms with Gasteiger partial charge in [0.05, 0.1) is 0 Å². The van der Waals surface area contributed by atoms with Gasteiger partial charge in [-0.3, -0.25) is 0 Å². The standard InChI is InChI=1S/C13H16N2O3S/c1-9(12-7-5-4-6-8-12)15-19(16,17)13-10(2)14-18-11(13)3/h4-9,15H,1-3H3/t9-/m1/s1. The molecule has 102 valence electrons. The minimum Gasteiger partial charge on any atom is -0.360 e. The molecule has 1 aromatic heterocycles. The van der Waals surface area contributed by atoms with Gasteiger partial charge in [-0.15, -0.1) is 0 Å². The predicted octanol–water partition coefficient (Wildman–Crippen LogP) is 2.33. The highest BCUT2D eigenvalue weighted by Gasteiger charge is 2.26. The first-order chi connectivity index (χ1) is 8.92. The molecule has 0 amide bonds. The van der Waals surface area contributed by atoms with Crippen molar-refractivity contribution in [3.8, 4) is 0 Å². The summed E-state index contributed by atoms with van der Waals surface area (Å²) in [6, 6.07) is 9.06. The zero-order chi connectivity index (χ0) is 14.0. The predicted molar refractivity (Wildman–Crippen MR) is 71.2 cm³/mol. The van der Waals surface area contributed by atoms with E-state index in [9.17, 15) is 8.42 Å². The molecule has 0 saturated carbocycles. The minimum absolute atomic E-state index is 0.121. The molecule has 1 N–H and O–H groups in total. The van der Waals surface area contributed by atoms with Crippen molar-refractivity contribution < 1.29 is 12.9 Å². The summed E-state index contributed by atoms with van der Waals surface area (Å²) in [5.41, 5.74) is 1.27. The van der Waals surface area contributed by atoms with E-state index >= 15 is 0 Å². The number of aromatic nitrogens is 1. The van der Waals surface area contributed by atoms with Crippen LogP contribution in [0.1, 0.15) is 30.0 Å². The molecule has 0 fully saturated rings. The number of rotatable bonds is 4. The molecular formula is C13H16N2O3S. The topological polar surface area (TPSA) is 72.2 Å². The maximum Gasteiger partial charge on any atom is 0.246 e. The third-order valence-electron chi connectivity index (χ3n) is 2.87. The third kappa shape index (κ3) is 2.85. The SMILES string of the molecule is Cc1noc(C)c1S(=O)(=O)N[C@H](C)c1ccccc1. The molecule has 0 bridgehead atoms. The molecular weight excluding hydrogens is 264 g/mol. The molecule has 0 unspecified atom stereocenters. The van der Waals surface area contributed by atoms with Crippen molar-refractivity contribution in [3.63, 3.8) is 0 Å². The van der Waals surface area contributed by atoms with Crippen LogP contribution in [0, 0.1) is 13.8 Å². The first kappa shape index (κ1) is 13.8. The summed E-state index contributed by atoms with van der Waals surface area (Å²) in [4.78, 5) is 0.121. The normalized spacial score (nSPS) is 13.4. The van der Waals surface area contributed by atoms with Crippen molar-refractivity contribution in [1.29, 1.82) is 0 Å². The van der Waals surface area contributed by atoms with Gasteiger partial charge in [0.25, 0.3) is 0 Å². The van der Waals surface area contributed by atoms with Crippen molar-refractivity contribution in [2.45, 2.75) is 31.7 Å². The zero-order valence-electron chi connectivity index (χ0n) is 11.0. The second kappa shape index (κ2) is 5.14. The largest absolute Gasteiger partial charge is 0.360 e. The molecule has 1 aromatic carbocycles. The maximum atomic E-state index is 12.3. The van der Waals surface area contributed by atoms with Crippen LogP contribution in [-0.2, 0) is 10.0 Å². The molecule has 0 aliphatic heterocycles. The molecule has 0 aliphatic rings. The van der Waals surface area contributed by atoms with Gasteiger partial charge in [0.1, 0.15) is 10.6 Å². The molecule has 0 spiro atoms. The Balaban J connectivity index is 2.28. The summed E-state index contributed by atoms with van der Waals surface area (Å²) in [6.45, 7) is 4.99. The number of benzene rings is 1. The minimum atomic E-state index is -3.63. The summed E-state index contributed by atoms with van der Waals surface area (Å²) in [6.07, 6.45) is 0. The number of nitrogens with zero attached hydrogens (tertiary/aromatic N) is 1. The van der Waals surface area contributed by atoms with Gasteiger partial charge in [0, 0.05) is 6.04 Å². The number of hydrogen-bond acceptors (Lipinski definition) is 4. The highest BCUT2D eigenvalue weighted by molar-refractivity contribution is 7.89. The van der Waals surface area contributed by atoms with Crippen LogP contribution in [0.5, 0.6) is 0 Å². The van der Waals surface area contributed by atoms with Crippen LogP contribution in [-0.4, -0.2) is 13.6 Å². The van der Waals surface area contributed by atoms with Crippen molar-refractivity contribution in [1.82, 2.24) is 9.88 Å². The summed E-state index contributed by atoms with van der Waals surface area (Å²) in [7, 11) is -3.63. The van der Waals surface area contributed by atoms with Gasteiger partial charge < -0.3 is 4.52 Å². The van der Waals surface area contributed by atoms with E-state index in [-0.39, 0.29) is 10.9 Å². The van der Waals surface area contributed by atoms with Crippen LogP contribution in [0.15, 0.2) is 39.8 Å². The van der Waals surface area contributed by atoms with E-state index in [2.05, 4.69) is 9.88 Å². The van der Waals surface area contributed by atoms with Crippen molar-refractivity contribution >= 4 is 10.0 Å². The molecule has 1 heterocycles. The van der Waals surface area contributed by atoms with Gasteiger partial charge in [-0.05, 0) is 26.3 Å². The Hall–Kier alpha value is -1.66. The second-order valence-electron chi connectivity index (χ2n) is 4.41. The summed E-state index contributed by atoms with van der Waals surface area (Å²) in [5, 5.41) is 3.67. The van der Waals surface area contributed by atoms with Crippen LogP contribution in [0.4, 0.5) is 0 Å². The monoisotopic (exact) mass is 280 g/mol. The van der Waals surface area contributed by atoms with Crippen LogP contribution in [0.25, 0.3) is 0 Å². The van der Waals surface area contributed by atoms with E-state index in [0.717, 1.165) is 5.56 Å². The Morgan fingerprint density at radius 1 is 1.21 bits per heavy atom. The molecule has 2 rings (SSSR count). The van der Waals surface area contributed by atoms with Crippen LogP contribution < -0.4 is 4.72 Å². The van der Waals surface area contributed by atoms with E-state index in [1.165, 1.54) is 0 Å². The van der Waals surface area contributed by atoms with Crippen molar-refractivity contribution in [2.24, 2.45) is 0 Å². The number of hydrogen-bond donors (Lipinski definition) is 1. The number of nitrogens with one attached hydrogen (secondary N) is 1. The Labute approximate surface area is 112 Å². The van der Waals surface area contributed by atoms with E-state index in [4.69, 9.17) is 4.52 Å². The smallest absolute Gasteiger partial charge is 0.246 e. The van der Waals surface area contributed by atoms with E-state index in [1.54, 1.807) is 20.8 Å². The van der Waals surface area contributed by atoms with E-state index < -0.39 is 10.0 Å². The summed E-state index contributed by atoms with van der Waals surface area (Å²) in [5.74, 6) is 0.297. The Morgan fingerprint density at radius 2 is 1.84 bits per heavy atom. The lowest BCUT2D eigenvalue weighted by atomic mass is 10.1. The van der Waals surface area contributed by atoms with E-state index in [0.29, 0.717) is 11.5 Å². The number of sulfonamides is 1. The molecule has 19 heavy (non-hydrogen) atoms. The van der Waals surface area contributed by atoms with Gasteiger partial charge in [-0.1, -0.05) is 35.5 Å². The fraction of sp³-hybridized carbons (Fsp3) is 0.308. The van der Waals surface area contributed by atoms with Crippen LogP contribution in [0.2, 0.25) is 0 Å². The molecule has 0 radical (unpaired) electrons. The summed E-state index contributed by atoms with van der Waals surface area (Å²) < 4.78 is 32.1. The van der Waals surface area contributed by atoms with Crippen molar-refractivity contribution in [2.75, 3.05) is 0 Å². The first-order valence-electron chi connectivity index (χ1n) is 5.92. The molecule has 5 nitrogen and oxygen atoms in total.